The maximum Gasteiger partial charge on any atom is 0.229 e. The second-order valence-electron chi connectivity index (χ2n) is 7.48. The minimum Gasteiger partial charge on any atom is -0.333 e. The number of benzene rings is 2. The molecule has 8 nitrogen and oxygen atoms in total. The third-order valence-electron chi connectivity index (χ3n) is 5.10. The highest BCUT2D eigenvalue weighted by molar-refractivity contribution is 7.90. The number of hydrogen-bond donors (Lipinski definition) is 1. The molecule has 0 aliphatic rings. The fraction of sp³-hybridized carbons (Fsp3) is 0.0870. The predicted molar refractivity (Wildman–Crippen MR) is 123 cm³/mol. The van der Waals surface area contributed by atoms with Crippen LogP contribution in [0, 0.1) is 0 Å². The topological polar surface area (TPSA) is 94.7 Å². The Labute approximate surface area is 185 Å². The fourth-order valence-corrected chi connectivity index (χ4v) is 4.08. The van der Waals surface area contributed by atoms with Crippen LogP contribution in [0.4, 0.5) is 11.6 Å². The molecule has 5 rings (SSSR count). The summed E-state index contributed by atoms with van der Waals surface area (Å²) in [6, 6.07) is 16.7. The third-order valence-corrected chi connectivity index (χ3v) is 6.23. The summed E-state index contributed by atoms with van der Waals surface area (Å²) >= 11 is 0. The zero-order valence-corrected chi connectivity index (χ0v) is 18.1. The molecule has 0 unspecified atom stereocenters. The summed E-state index contributed by atoms with van der Waals surface area (Å²) in [7, 11) is -3.24. The number of sulfone groups is 1. The van der Waals surface area contributed by atoms with Gasteiger partial charge in [-0.25, -0.2) is 18.4 Å². The van der Waals surface area contributed by atoms with Gasteiger partial charge in [-0.1, -0.05) is 12.1 Å². The molecule has 0 spiro atoms. The molecule has 32 heavy (non-hydrogen) atoms. The molecule has 9 heteroatoms. The summed E-state index contributed by atoms with van der Waals surface area (Å²) in [5.41, 5.74) is 3.60. The summed E-state index contributed by atoms with van der Waals surface area (Å²) < 4.78 is 27.4. The Balaban J connectivity index is 1.39. The minimum absolute atomic E-state index is 0.283. The number of anilines is 2. The highest BCUT2D eigenvalue weighted by Gasteiger charge is 2.10. The molecule has 0 fully saturated rings. The molecule has 0 amide bonds. The van der Waals surface area contributed by atoms with Crippen molar-refractivity contribution in [3.8, 4) is 5.69 Å². The van der Waals surface area contributed by atoms with Crippen LogP contribution in [0.2, 0.25) is 0 Å². The van der Waals surface area contributed by atoms with Crippen LogP contribution in [-0.2, 0) is 16.4 Å². The van der Waals surface area contributed by atoms with Gasteiger partial charge in [0.25, 0.3) is 0 Å². The molecule has 0 radical (unpaired) electrons. The molecule has 2 aromatic carbocycles. The van der Waals surface area contributed by atoms with Gasteiger partial charge in [-0.05, 0) is 48.0 Å². The van der Waals surface area contributed by atoms with Gasteiger partial charge in [0.1, 0.15) is 5.65 Å². The Hall–Kier alpha value is -3.98. The van der Waals surface area contributed by atoms with Crippen molar-refractivity contribution in [3.63, 3.8) is 0 Å². The van der Waals surface area contributed by atoms with Crippen LogP contribution in [-0.4, -0.2) is 38.8 Å². The number of hydrogen-bond acceptors (Lipinski definition) is 6. The lowest BCUT2D eigenvalue weighted by atomic mass is 10.2. The van der Waals surface area contributed by atoms with Crippen molar-refractivity contribution in [1.29, 1.82) is 0 Å². The van der Waals surface area contributed by atoms with Gasteiger partial charge in [-0.15, -0.1) is 0 Å². The highest BCUT2D eigenvalue weighted by Crippen LogP contribution is 2.22. The molecule has 0 bridgehead atoms. The number of nitrogens with zero attached hydrogens (tertiary/aromatic N) is 5. The molecule has 3 heterocycles. The van der Waals surface area contributed by atoms with E-state index in [0.29, 0.717) is 5.95 Å². The van der Waals surface area contributed by atoms with Gasteiger partial charge in [0.05, 0.1) is 11.2 Å². The molecule has 1 N–H and O–H groups in total. The smallest absolute Gasteiger partial charge is 0.229 e. The van der Waals surface area contributed by atoms with Crippen LogP contribution in [0.25, 0.3) is 16.7 Å². The Morgan fingerprint density at radius 1 is 0.969 bits per heavy atom. The number of imidazole rings is 1. The lowest BCUT2D eigenvalue weighted by molar-refractivity contribution is 0.602. The van der Waals surface area contributed by atoms with E-state index in [1.54, 1.807) is 43.0 Å². The normalized spacial score (nSPS) is 11.7. The quantitative estimate of drug-likeness (QED) is 0.428. The van der Waals surface area contributed by atoms with Gasteiger partial charge in [-0.2, -0.15) is 4.98 Å². The summed E-state index contributed by atoms with van der Waals surface area (Å²) in [4.78, 5) is 13.4. The van der Waals surface area contributed by atoms with E-state index in [-0.39, 0.29) is 4.90 Å². The molecule has 0 aliphatic heterocycles. The molecular formula is C23H20N6O2S. The van der Waals surface area contributed by atoms with Crippen LogP contribution in [0.15, 0.2) is 90.6 Å². The van der Waals surface area contributed by atoms with E-state index >= 15 is 0 Å². The average Bonchev–Trinajstić information content (AvgIpc) is 3.44. The van der Waals surface area contributed by atoms with Crippen molar-refractivity contribution in [1.82, 2.24) is 24.1 Å². The number of nitrogens with one attached hydrogen (secondary N) is 1. The zero-order chi connectivity index (χ0) is 22.1. The summed E-state index contributed by atoms with van der Waals surface area (Å²) in [5, 5.41) is 4.13. The van der Waals surface area contributed by atoms with Gasteiger partial charge in [0, 0.05) is 54.3 Å². The van der Waals surface area contributed by atoms with E-state index in [2.05, 4.69) is 20.3 Å². The molecule has 0 atom stereocenters. The maximum atomic E-state index is 11.7. The first-order valence-corrected chi connectivity index (χ1v) is 11.8. The monoisotopic (exact) mass is 444 g/mol. The minimum atomic E-state index is -3.24. The molecule has 5 aromatic rings. The highest BCUT2D eigenvalue weighted by atomic mass is 32.2. The first-order valence-electron chi connectivity index (χ1n) is 9.92. The van der Waals surface area contributed by atoms with Gasteiger partial charge >= 0.3 is 0 Å². The predicted octanol–water partition coefficient (Wildman–Crippen LogP) is 3.81. The van der Waals surface area contributed by atoms with E-state index in [1.807, 2.05) is 51.9 Å². The molecule has 0 aliphatic carbocycles. The van der Waals surface area contributed by atoms with Gasteiger partial charge < -0.3 is 14.5 Å². The molecule has 160 valence electrons. The Kier molecular flexibility index (Phi) is 4.95. The van der Waals surface area contributed by atoms with Crippen molar-refractivity contribution in [2.75, 3.05) is 11.6 Å². The summed E-state index contributed by atoms with van der Waals surface area (Å²) in [5.74, 6) is 0.479. The van der Waals surface area contributed by atoms with Crippen molar-refractivity contribution in [3.05, 3.63) is 91.3 Å². The Morgan fingerprint density at radius 3 is 2.44 bits per heavy atom. The van der Waals surface area contributed by atoms with Gasteiger partial charge in [-0.3, -0.25) is 0 Å². The first kappa shape index (κ1) is 20.0. The van der Waals surface area contributed by atoms with Gasteiger partial charge in [0.15, 0.2) is 9.84 Å². The lowest BCUT2D eigenvalue weighted by Gasteiger charge is -2.09. The van der Waals surface area contributed by atoms with E-state index in [9.17, 15) is 8.42 Å². The second kappa shape index (κ2) is 7.93. The van der Waals surface area contributed by atoms with Crippen LogP contribution in [0.1, 0.15) is 5.56 Å². The largest absolute Gasteiger partial charge is 0.333 e. The molecule has 3 aromatic heterocycles. The van der Waals surface area contributed by atoms with Crippen molar-refractivity contribution >= 4 is 32.5 Å². The lowest BCUT2D eigenvalue weighted by Crippen LogP contribution is -2.01. The van der Waals surface area contributed by atoms with Crippen LogP contribution in [0.3, 0.4) is 0 Å². The van der Waals surface area contributed by atoms with E-state index in [4.69, 9.17) is 0 Å². The van der Waals surface area contributed by atoms with E-state index in [0.717, 1.165) is 34.5 Å². The molecular weight excluding hydrogens is 424 g/mol. The van der Waals surface area contributed by atoms with Crippen molar-refractivity contribution in [2.24, 2.45) is 0 Å². The SMILES string of the molecule is CS(=O)(=O)c1ccc(-n2ccc3cnc(Nc4ccc(Cn5ccnc5)cc4)nc32)cc1. The number of aromatic nitrogens is 5. The fourth-order valence-electron chi connectivity index (χ4n) is 3.45. The van der Waals surface area contributed by atoms with Gasteiger partial charge in [0.2, 0.25) is 5.95 Å². The van der Waals surface area contributed by atoms with Crippen LogP contribution >= 0.6 is 0 Å². The molecule has 0 saturated heterocycles. The number of fused-ring (bicyclic) bond motifs is 1. The van der Waals surface area contributed by atoms with Crippen molar-refractivity contribution < 1.29 is 8.42 Å². The maximum absolute atomic E-state index is 11.7. The first-order chi connectivity index (χ1) is 15.5. The Morgan fingerprint density at radius 2 is 1.75 bits per heavy atom. The second-order valence-corrected chi connectivity index (χ2v) is 9.50. The van der Waals surface area contributed by atoms with Crippen molar-refractivity contribution in [2.45, 2.75) is 11.4 Å². The standard InChI is InChI=1S/C23H20N6O2S/c1-32(30,31)21-8-6-20(7-9-21)29-12-10-18-14-25-23(27-22(18)29)26-19-4-2-17(3-5-19)15-28-13-11-24-16-28/h2-14,16H,15H2,1H3,(H,25,26,27). The third kappa shape index (κ3) is 4.10. The van der Waals surface area contributed by atoms with E-state index < -0.39 is 9.84 Å². The number of rotatable bonds is 6. The molecule has 0 saturated carbocycles. The zero-order valence-electron chi connectivity index (χ0n) is 17.3. The Bertz CT molecular complexity index is 1470. The van der Waals surface area contributed by atoms with Crippen LogP contribution in [0.5, 0.6) is 0 Å². The average molecular weight is 445 g/mol. The van der Waals surface area contributed by atoms with Crippen LogP contribution < -0.4 is 5.32 Å². The summed E-state index contributed by atoms with van der Waals surface area (Å²) in [6.07, 6.45) is 10.3. The van der Waals surface area contributed by atoms with E-state index in [1.165, 1.54) is 6.26 Å². The summed E-state index contributed by atoms with van der Waals surface area (Å²) in [6.45, 7) is 0.758.